The lowest BCUT2D eigenvalue weighted by Gasteiger charge is -2.23. The second kappa shape index (κ2) is 9.63. The van der Waals surface area contributed by atoms with E-state index in [9.17, 15) is 9.59 Å². The van der Waals surface area contributed by atoms with E-state index in [2.05, 4.69) is 32.4 Å². The summed E-state index contributed by atoms with van der Waals surface area (Å²) in [6, 6.07) is 6.99. The predicted molar refractivity (Wildman–Crippen MR) is 124 cm³/mol. The molecule has 0 fully saturated rings. The molecular weight excluding hydrogens is 432 g/mol. The van der Waals surface area contributed by atoms with Gasteiger partial charge in [-0.1, -0.05) is 30.8 Å². The van der Waals surface area contributed by atoms with Gasteiger partial charge in [0.15, 0.2) is 10.3 Å². The van der Waals surface area contributed by atoms with Crippen LogP contribution in [0.25, 0.3) is 0 Å². The number of para-hydroxylation sites is 1. The van der Waals surface area contributed by atoms with Crippen LogP contribution < -0.4 is 10.6 Å². The van der Waals surface area contributed by atoms with E-state index in [4.69, 9.17) is 0 Å². The summed E-state index contributed by atoms with van der Waals surface area (Å²) in [4.78, 5) is 37.7. The zero-order chi connectivity index (χ0) is 21.8. The van der Waals surface area contributed by atoms with Crippen molar-refractivity contribution in [2.75, 3.05) is 29.5 Å². The lowest BCUT2D eigenvalue weighted by molar-refractivity contribution is -0.113. The van der Waals surface area contributed by atoms with Crippen LogP contribution in [0.15, 0.2) is 41.8 Å². The van der Waals surface area contributed by atoms with E-state index in [0.717, 1.165) is 36.9 Å². The Hall–Kier alpha value is -2.69. The predicted octanol–water partition coefficient (Wildman–Crippen LogP) is 3.24. The van der Waals surface area contributed by atoms with Crippen LogP contribution in [-0.2, 0) is 24.8 Å². The van der Waals surface area contributed by atoms with Crippen LogP contribution >= 0.6 is 23.1 Å². The molecule has 10 heteroatoms. The maximum Gasteiger partial charge on any atom is 0.259 e. The summed E-state index contributed by atoms with van der Waals surface area (Å²) in [5.74, 6) is -0.280. The number of rotatable bonds is 7. The Kier molecular flexibility index (Phi) is 6.69. The summed E-state index contributed by atoms with van der Waals surface area (Å²) in [5, 5.41) is 7.10. The molecule has 0 saturated carbocycles. The molecule has 0 unspecified atom stereocenters. The third-order valence-corrected chi connectivity index (χ3v) is 7.09. The molecule has 31 heavy (non-hydrogen) atoms. The molecule has 3 heterocycles. The molecule has 0 bridgehead atoms. The number of fused-ring (bicyclic) bond motifs is 1. The van der Waals surface area contributed by atoms with E-state index in [1.165, 1.54) is 28.0 Å². The second-order valence-electron chi connectivity index (χ2n) is 7.16. The summed E-state index contributed by atoms with van der Waals surface area (Å²) >= 11 is 2.86. The van der Waals surface area contributed by atoms with Gasteiger partial charge in [0.2, 0.25) is 5.91 Å². The van der Waals surface area contributed by atoms with E-state index in [1.807, 2.05) is 17.8 Å². The molecule has 1 aromatic carbocycles. The number of thiazole rings is 1. The van der Waals surface area contributed by atoms with Gasteiger partial charge in [-0.3, -0.25) is 19.8 Å². The van der Waals surface area contributed by atoms with Crippen molar-refractivity contribution in [1.82, 2.24) is 19.4 Å². The van der Waals surface area contributed by atoms with Crippen molar-refractivity contribution in [3.8, 4) is 0 Å². The first-order chi connectivity index (χ1) is 15.0. The molecule has 0 aliphatic carbocycles. The largest absolute Gasteiger partial charge is 0.329 e. The molecule has 1 aliphatic rings. The lowest BCUT2D eigenvalue weighted by atomic mass is 10.1. The Morgan fingerprint density at radius 3 is 2.87 bits per heavy atom. The molecule has 2 aromatic heterocycles. The first kappa shape index (κ1) is 21.5. The molecule has 2 amide bonds. The van der Waals surface area contributed by atoms with E-state index >= 15 is 0 Å². The zero-order valence-electron chi connectivity index (χ0n) is 17.4. The minimum atomic E-state index is -0.286. The number of nitrogens with one attached hydrogen (secondary N) is 2. The van der Waals surface area contributed by atoms with E-state index in [0.29, 0.717) is 16.4 Å². The highest BCUT2D eigenvalue weighted by molar-refractivity contribution is 7.99. The highest BCUT2D eigenvalue weighted by Gasteiger charge is 2.21. The highest BCUT2D eigenvalue weighted by atomic mass is 32.2. The Bertz CT molecular complexity index is 1090. The Morgan fingerprint density at radius 1 is 1.26 bits per heavy atom. The van der Waals surface area contributed by atoms with Gasteiger partial charge in [-0.25, -0.2) is 9.97 Å². The van der Waals surface area contributed by atoms with Gasteiger partial charge in [0.1, 0.15) is 0 Å². The topological polar surface area (TPSA) is 92.2 Å². The van der Waals surface area contributed by atoms with Crippen molar-refractivity contribution in [2.24, 2.45) is 7.05 Å². The summed E-state index contributed by atoms with van der Waals surface area (Å²) < 4.78 is 1.85. The monoisotopic (exact) mass is 456 g/mol. The van der Waals surface area contributed by atoms with Crippen molar-refractivity contribution in [3.05, 3.63) is 52.8 Å². The molecule has 0 spiro atoms. The molecule has 1 aliphatic heterocycles. The fourth-order valence-corrected chi connectivity index (χ4v) is 5.11. The third kappa shape index (κ3) is 5.15. The molecule has 0 atom stereocenters. The van der Waals surface area contributed by atoms with E-state index in [1.54, 1.807) is 30.5 Å². The van der Waals surface area contributed by atoms with Crippen LogP contribution in [-0.4, -0.2) is 50.1 Å². The van der Waals surface area contributed by atoms with Crippen molar-refractivity contribution in [2.45, 2.75) is 25.0 Å². The van der Waals surface area contributed by atoms with E-state index < -0.39 is 0 Å². The van der Waals surface area contributed by atoms with Crippen molar-refractivity contribution in [3.63, 3.8) is 0 Å². The first-order valence-corrected chi connectivity index (χ1v) is 11.8. The number of amides is 2. The second-order valence-corrected chi connectivity index (χ2v) is 9.19. The fraction of sp³-hybridized carbons (Fsp3) is 0.333. The molecule has 4 rings (SSSR count). The third-order valence-electron chi connectivity index (χ3n) is 5.03. The molecular formula is C21H24N6O2S2. The molecule has 2 N–H and O–H groups in total. The van der Waals surface area contributed by atoms with Gasteiger partial charge >= 0.3 is 0 Å². The van der Waals surface area contributed by atoms with Crippen molar-refractivity contribution in [1.29, 1.82) is 0 Å². The average Bonchev–Trinajstić information content (AvgIpc) is 3.36. The van der Waals surface area contributed by atoms with E-state index in [-0.39, 0.29) is 17.6 Å². The number of imidazole rings is 1. The molecule has 8 nitrogen and oxygen atoms in total. The molecule has 3 aromatic rings. The van der Waals surface area contributed by atoms with Gasteiger partial charge in [-0.15, -0.1) is 11.3 Å². The minimum Gasteiger partial charge on any atom is -0.329 e. The standard InChI is InChI=1S/C21H24N6O2S2/c1-3-27-10-8-16-17(12-27)31-20(24-16)25-19(29)14-6-4-5-7-15(14)23-18(28)13-30-21-22-9-11-26(21)2/h4-7,9,11H,3,8,10,12-13H2,1-2H3,(H,23,28)(H,24,25,29). The van der Waals surface area contributed by atoms with Gasteiger partial charge < -0.3 is 9.88 Å². The number of thioether (sulfide) groups is 1. The lowest BCUT2D eigenvalue weighted by Crippen LogP contribution is -2.29. The number of carbonyl (C=O) groups is 2. The average molecular weight is 457 g/mol. The minimum absolute atomic E-state index is 0.197. The van der Waals surface area contributed by atoms with Crippen LogP contribution in [0.2, 0.25) is 0 Å². The fourth-order valence-electron chi connectivity index (χ4n) is 3.33. The number of carbonyl (C=O) groups excluding carboxylic acids is 2. The number of hydrogen-bond acceptors (Lipinski definition) is 7. The number of hydrogen-bond donors (Lipinski definition) is 2. The summed E-state index contributed by atoms with van der Waals surface area (Å²) in [6.45, 7) is 5.02. The molecule has 162 valence electrons. The molecule has 0 radical (unpaired) electrons. The van der Waals surface area contributed by atoms with Gasteiger partial charge in [0, 0.05) is 43.8 Å². The van der Waals surface area contributed by atoms with Gasteiger partial charge in [-0.05, 0) is 18.7 Å². The summed E-state index contributed by atoms with van der Waals surface area (Å²) in [7, 11) is 1.88. The number of likely N-dealkylation sites (N-methyl/N-ethyl adjacent to an activating group) is 1. The van der Waals surface area contributed by atoms with Crippen LogP contribution in [0.1, 0.15) is 27.9 Å². The van der Waals surface area contributed by atoms with Gasteiger partial charge in [-0.2, -0.15) is 0 Å². The van der Waals surface area contributed by atoms with Crippen LogP contribution in [0.3, 0.4) is 0 Å². The Labute approximate surface area is 189 Å². The van der Waals surface area contributed by atoms with Crippen LogP contribution in [0.4, 0.5) is 10.8 Å². The van der Waals surface area contributed by atoms with Crippen LogP contribution in [0.5, 0.6) is 0 Å². The van der Waals surface area contributed by atoms with Crippen molar-refractivity contribution < 1.29 is 9.59 Å². The first-order valence-electron chi connectivity index (χ1n) is 10.0. The Morgan fingerprint density at radius 2 is 2.10 bits per heavy atom. The normalized spacial score (nSPS) is 13.6. The van der Waals surface area contributed by atoms with Crippen molar-refractivity contribution >= 4 is 45.7 Å². The number of benzene rings is 1. The van der Waals surface area contributed by atoms with Crippen LogP contribution in [0, 0.1) is 0 Å². The number of aromatic nitrogens is 3. The number of anilines is 2. The zero-order valence-corrected chi connectivity index (χ0v) is 19.1. The smallest absolute Gasteiger partial charge is 0.259 e. The number of aryl methyl sites for hydroxylation is 1. The molecule has 0 saturated heterocycles. The Balaban J connectivity index is 1.41. The maximum atomic E-state index is 12.9. The summed E-state index contributed by atoms with van der Waals surface area (Å²) in [5.41, 5.74) is 1.95. The maximum absolute atomic E-state index is 12.9. The van der Waals surface area contributed by atoms with Gasteiger partial charge in [0.25, 0.3) is 5.91 Å². The van der Waals surface area contributed by atoms with Gasteiger partial charge in [0.05, 0.1) is 22.7 Å². The highest BCUT2D eigenvalue weighted by Crippen LogP contribution is 2.29. The summed E-state index contributed by atoms with van der Waals surface area (Å²) in [6.07, 6.45) is 4.42. The number of nitrogens with zero attached hydrogens (tertiary/aromatic N) is 4. The SMILES string of the molecule is CCN1CCc2nc(NC(=O)c3ccccc3NC(=O)CSc3nccn3C)sc2C1. The quantitative estimate of drug-likeness (QED) is 0.531.